The summed E-state index contributed by atoms with van der Waals surface area (Å²) in [5, 5.41) is 8.55. The predicted octanol–water partition coefficient (Wildman–Crippen LogP) is 3.81. The van der Waals surface area contributed by atoms with E-state index in [1.54, 1.807) is 0 Å². The lowest BCUT2D eigenvalue weighted by Crippen LogP contribution is -2.42. The van der Waals surface area contributed by atoms with Crippen LogP contribution in [-0.4, -0.2) is 22.4 Å². The van der Waals surface area contributed by atoms with Crippen molar-refractivity contribution in [3.8, 4) is 0 Å². The fraction of sp³-hybridized carbons (Fsp3) is 0.833. The number of nitrogens with one attached hydrogen (secondary N) is 1. The zero-order chi connectivity index (χ0) is 15.0. The van der Waals surface area contributed by atoms with E-state index in [9.17, 15) is 0 Å². The van der Waals surface area contributed by atoms with Crippen molar-refractivity contribution in [3.63, 3.8) is 0 Å². The van der Waals surface area contributed by atoms with Gasteiger partial charge in [0.15, 0.2) is 0 Å². The van der Waals surface area contributed by atoms with Crippen LogP contribution in [0.3, 0.4) is 0 Å². The van der Waals surface area contributed by atoms with Gasteiger partial charge in [0.25, 0.3) is 0 Å². The van der Waals surface area contributed by atoms with Crippen LogP contribution in [0.2, 0.25) is 0 Å². The second-order valence-electron chi connectivity index (χ2n) is 8.04. The van der Waals surface area contributed by atoms with E-state index in [0.29, 0.717) is 17.5 Å². The third-order valence-electron chi connectivity index (χ3n) is 5.69. The Labute approximate surface area is 129 Å². The molecule has 0 saturated heterocycles. The van der Waals surface area contributed by atoms with Gasteiger partial charge >= 0.3 is 0 Å². The first-order valence-electron chi connectivity index (χ1n) is 8.76. The molecule has 21 heavy (non-hydrogen) atoms. The van der Waals surface area contributed by atoms with Crippen molar-refractivity contribution in [2.75, 3.05) is 6.54 Å². The minimum absolute atomic E-state index is 0.462. The highest BCUT2D eigenvalue weighted by Crippen LogP contribution is 2.57. The van der Waals surface area contributed by atoms with Gasteiger partial charge in [0.2, 0.25) is 0 Å². The van der Waals surface area contributed by atoms with Crippen LogP contribution in [0.1, 0.15) is 65.1 Å². The molecule has 3 rings (SSSR count). The Bertz CT molecular complexity index is 477. The Hall–Kier alpha value is -0.830. The lowest BCUT2D eigenvalue weighted by molar-refractivity contribution is 0.150. The fourth-order valence-electron chi connectivity index (χ4n) is 4.58. The maximum Gasteiger partial charge on any atom is 0.0630 e. The Kier molecular flexibility index (Phi) is 4.13. The van der Waals surface area contributed by atoms with E-state index in [1.807, 2.05) is 0 Å². The van der Waals surface area contributed by atoms with Crippen LogP contribution < -0.4 is 5.32 Å². The molecule has 0 amide bonds. The number of aromatic nitrogens is 2. The molecular weight excluding hydrogens is 258 g/mol. The molecule has 1 heterocycles. The van der Waals surface area contributed by atoms with Crippen LogP contribution in [0.4, 0.5) is 0 Å². The van der Waals surface area contributed by atoms with E-state index in [0.717, 1.165) is 18.3 Å². The molecule has 0 radical (unpaired) electrons. The molecule has 0 aliphatic heterocycles. The van der Waals surface area contributed by atoms with Crippen LogP contribution in [0.5, 0.6) is 0 Å². The summed E-state index contributed by atoms with van der Waals surface area (Å²) in [4.78, 5) is 0. The SMILES string of the molecule is CC(C)NCC1(Cc2ccn(C(C)C)n2)CC2CCC1C2. The Morgan fingerprint density at radius 2 is 2.14 bits per heavy atom. The smallest absolute Gasteiger partial charge is 0.0630 e. The van der Waals surface area contributed by atoms with Gasteiger partial charge < -0.3 is 5.32 Å². The highest BCUT2D eigenvalue weighted by Gasteiger charge is 2.50. The van der Waals surface area contributed by atoms with Gasteiger partial charge in [0, 0.05) is 24.8 Å². The van der Waals surface area contributed by atoms with Crippen LogP contribution in [-0.2, 0) is 6.42 Å². The molecule has 1 N–H and O–H groups in total. The van der Waals surface area contributed by atoms with Crippen LogP contribution in [0.15, 0.2) is 12.3 Å². The van der Waals surface area contributed by atoms with Gasteiger partial charge in [-0.15, -0.1) is 0 Å². The summed E-state index contributed by atoms with van der Waals surface area (Å²) in [6.45, 7) is 10.1. The summed E-state index contributed by atoms with van der Waals surface area (Å²) in [6, 6.07) is 3.28. The molecule has 2 aliphatic rings. The Morgan fingerprint density at radius 1 is 1.33 bits per heavy atom. The Balaban J connectivity index is 1.76. The third-order valence-corrected chi connectivity index (χ3v) is 5.69. The first-order valence-corrected chi connectivity index (χ1v) is 8.76. The van der Waals surface area contributed by atoms with Gasteiger partial charge in [-0.1, -0.05) is 20.3 Å². The molecule has 1 aromatic heterocycles. The van der Waals surface area contributed by atoms with Crippen molar-refractivity contribution in [2.24, 2.45) is 17.3 Å². The number of nitrogens with zero attached hydrogens (tertiary/aromatic N) is 2. The molecule has 3 nitrogen and oxygen atoms in total. The minimum Gasteiger partial charge on any atom is -0.314 e. The average molecular weight is 289 g/mol. The van der Waals surface area contributed by atoms with Gasteiger partial charge in [0.1, 0.15) is 0 Å². The standard InChI is InChI=1S/C18H31N3/c1-13(2)19-12-18(10-15-5-6-16(18)9-15)11-17-7-8-21(20-17)14(3)4/h7-8,13-16,19H,5-6,9-12H2,1-4H3. The molecule has 0 spiro atoms. The second kappa shape index (κ2) is 5.75. The van der Waals surface area contributed by atoms with Crippen LogP contribution in [0, 0.1) is 17.3 Å². The van der Waals surface area contributed by atoms with Crippen molar-refractivity contribution >= 4 is 0 Å². The van der Waals surface area contributed by atoms with Gasteiger partial charge in [0.05, 0.1) is 5.69 Å². The molecule has 3 atom stereocenters. The van der Waals surface area contributed by atoms with Gasteiger partial charge in [-0.05, 0) is 62.8 Å². The average Bonchev–Trinajstić information content (AvgIpc) is 3.11. The lowest BCUT2D eigenvalue weighted by Gasteiger charge is -2.38. The molecule has 0 aromatic carbocycles. The predicted molar refractivity (Wildman–Crippen MR) is 87.3 cm³/mol. The zero-order valence-electron chi connectivity index (χ0n) is 14.1. The molecule has 2 bridgehead atoms. The zero-order valence-corrected chi connectivity index (χ0v) is 14.1. The summed E-state index contributed by atoms with van der Waals surface area (Å²) >= 11 is 0. The molecule has 1 aromatic rings. The number of rotatable bonds is 6. The van der Waals surface area contributed by atoms with Gasteiger partial charge in [-0.3, -0.25) is 4.68 Å². The van der Waals surface area contributed by atoms with E-state index in [-0.39, 0.29) is 0 Å². The number of hydrogen-bond acceptors (Lipinski definition) is 2. The number of fused-ring (bicyclic) bond motifs is 2. The quantitative estimate of drug-likeness (QED) is 0.863. The van der Waals surface area contributed by atoms with E-state index in [4.69, 9.17) is 5.10 Å². The molecule has 3 heteroatoms. The molecule has 3 unspecified atom stereocenters. The molecule has 2 saturated carbocycles. The van der Waals surface area contributed by atoms with Crippen molar-refractivity contribution in [1.82, 2.24) is 15.1 Å². The highest BCUT2D eigenvalue weighted by atomic mass is 15.3. The van der Waals surface area contributed by atoms with E-state index >= 15 is 0 Å². The van der Waals surface area contributed by atoms with Crippen LogP contribution in [0.25, 0.3) is 0 Å². The van der Waals surface area contributed by atoms with Gasteiger partial charge in [-0.2, -0.15) is 5.10 Å². The largest absolute Gasteiger partial charge is 0.314 e. The first kappa shape index (κ1) is 15.1. The van der Waals surface area contributed by atoms with Crippen LogP contribution >= 0.6 is 0 Å². The van der Waals surface area contributed by atoms with Gasteiger partial charge in [-0.25, -0.2) is 0 Å². The second-order valence-corrected chi connectivity index (χ2v) is 8.04. The van der Waals surface area contributed by atoms with Crippen molar-refractivity contribution in [2.45, 2.75) is 71.9 Å². The maximum atomic E-state index is 4.82. The molecule has 2 fully saturated rings. The topological polar surface area (TPSA) is 29.9 Å². The summed E-state index contributed by atoms with van der Waals surface area (Å²) in [6.07, 6.45) is 9.09. The monoisotopic (exact) mass is 289 g/mol. The summed E-state index contributed by atoms with van der Waals surface area (Å²) in [7, 11) is 0. The summed E-state index contributed by atoms with van der Waals surface area (Å²) < 4.78 is 2.10. The van der Waals surface area contributed by atoms with Crippen molar-refractivity contribution in [1.29, 1.82) is 0 Å². The Morgan fingerprint density at radius 3 is 2.67 bits per heavy atom. The first-order chi connectivity index (χ1) is 9.98. The normalized spacial score (nSPS) is 31.7. The molecule has 118 valence electrons. The van der Waals surface area contributed by atoms with Crippen molar-refractivity contribution in [3.05, 3.63) is 18.0 Å². The van der Waals surface area contributed by atoms with E-state index in [2.05, 4.69) is 50.0 Å². The fourth-order valence-corrected chi connectivity index (χ4v) is 4.58. The molecular formula is C18H31N3. The molecule has 2 aliphatic carbocycles. The summed E-state index contributed by atoms with van der Waals surface area (Å²) in [5.74, 6) is 1.90. The summed E-state index contributed by atoms with van der Waals surface area (Å²) in [5.41, 5.74) is 1.75. The van der Waals surface area contributed by atoms with E-state index in [1.165, 1.54) is 37.9 Å². The number of hydrogen-bond donors (Lipinski definition) is 1. The lowest BCUT2D eigenvalue weighted by atomic mass is 9.70. The van der Waals surface area contributed by atoms with E-state index < -0.39 is 0 Å². The minimum atomic E-state index is 0.462. The third kappa shape index (κ3) is 3.03. The van der Waals surface area contributed by atoms with Crippen molar-refractivity contribution < 1.29 is 0 Å². The maximum absolute atomic E-state index is 4.82. The highest BCUT2D eigenvalue weighted by molar-refractivity contribution is 5.10.